The van der Waals surface area contributed by atoms with Crippen LogP contribution in [0.1, 0.15) is 22.7 Å². The van der Waals surface area contributed by atoms with Crippen LogP contribution in [0.5, 0.6) is 0 Å². The lowest BCUT2D eigenvalue weighted by Gasteiger charge is -2.22. The van der Waals surface area contributed by atoms with E-state index in [1.54, 1.807) is 18.2 Å². The average molecular weight is 336 g/mol. The molecular weight excluding hydrogens is 317 g/mol. The molecule has 2 rings (SSSR count). The SMILES string of the molecule is Cc1cc(C)cc(NC(=O)CNC(c2ccccc2)C(F)(F)F)c1. The van der Waals surface area contributed by atoms with Crippen molar-refractivity contribution in [2.75, 3.05) is 11.9 Å². The lowest BCUT2D eigenvalue weighted by atomic mass is 10.1. The minimum atomic E-state index is -4.48. The van der Waals surface area contributed by atoms with Crippen molar-refractivity contribution < 1.29 is 18.0 Å². The van der Waals surface area contributed by atoms with E-state index >= 15 is 0 Å². The fraction of sp³-hybridized carbons (Fsp3) is 0.278. The van der Waals surface area contributed by atoms with Gasteiger partial charge in [0.1, 0.15) is 6.04 Å². The molecule has 0 aliphatic heterocycles. The zero-order valence-corrected chi connectivity index (χ0v) is 13.4. The highest BCUT2D eigenvalue weighted by atomic mass is 19.4. The number of amides is 1. The molecule has 6 heteroatoms. The highest BCUT2D eigenvalue weighted by Gasteiger charge is 2.40. The first kappa shape index (κ1) is 18.0. The Kier molecular flexibility index (Phi) is 5.62. The van der Waals surface area contributed by atoms with Gasteiger partial charge in [0.05, 0.1) is 6.54 Å². The largest absolute Gasteiger partial charge is 0.407 e. The summed E-state index contributed by atoms with van der Waals surface area (Å²) in [6.07, 6.45) is -4.48. The first-order chi connectivity index (χ1) is 11.3. The molecule has 128 valence electrons. The summed E-state index contributed by atoms with van der Waals surface area (Å²) in [6, 6.07) is 11.1. The molecule has 0 saturated carbocycles. The minimum absolute atomic E-state index is 0.0733. The number of hydrogen-bond donors (Lipinski definition) is 2. The van der Waals surface area contributed by atoms with Crippen LogP contribution in [-0.4, -0.2) is 18.6 Å². The van der Waals surface area contributed by atoms with Crippen molar-refractivity contribution in [2.45, 2.75) is 26.1 Å². The van der Waals surface area contributed by atoms with Gasteiger partial charge in [-0.2, -0.15) is 13.2 Å². The molecule has 3 nitrogen and oxygen atoms in total. The Morgan fingerprint density at radius 1 is 1.04 bits per heavy atom. The maximum absolute atomic E-state index is 13.2. The number of nitrogens with one attached hydrogen (secondary N) is 2. The van der Waals surface area contributed by atoms with Crippen LogP contribution in [0, 0.1) is 13.8 Å². The van der Waals surface area contributed by atoms with Gasteiger partial charge >= 0.3 is 6.18 Å². The monoisotopic (exact) mass is 336 g/mol. The van der Waals surface area contributed by atoms with Gasteiger partial charge in [-0.1, -0.05) is 36.4 Å². The fourth-order valence-electron chi connectivity index (χ4n) is 2.51. The van der Waals surface area contributed by atoms with Crippen LogP contribution in [0.2, 0.25) is 0 Å². The summed E-state index contributed by atoms with van der Waals surface area (Å²) >= 11 is 0. The van der Waals surface area contributed by atoms with E-state index in [0.29, 0.717) is 5.69 Å². The van der Waals surface area contributed by atoms with Crippen molar-refractivity contribution in [3.8, 4) is 0 Å². The second-order valence-corrected chi connectivity index (χ2v) is 5.69. The van der Waals surface area contributed by atoms with Gasteiger partial charge in [0.25, 0.3) is 0 Å². The number of anilines is 1. The Morgan fingerprint density at radius 2 is 1.62 bits per heavy atom. The highest BCUT2D eigenvalue weighted by molar-refractivity contribution is 5.92. The number of aryl methyl sites for hydroxylation is 2. The molecule has 0 saturated heterocycles. The van der Waals surface area contributed by atoms with Crippen molar-refractivity contribution in [3.05, 3.63) is 65.2 Å². The molecule has 0 aliphatic carbocycles. The zero-order chi connectivity index (χ0) is 17.7. The van der Waals surface area contributed by atoms with Gasteiger partial charge in [0, 0.05) is 5.69 Å². The Labute approximate surface area is 138 Å². The lowest BCUT2D eigenvalue weighted by molar-refractivity contribution is -0.158. The van der Waals surface area contributed by atoms with Gasteiger partial charge in [-0.3, -0.25) is 10.1 Å². The maximum atomic E-state index is 13.2. The molecule has 0 radical (unpaired) electrons. The summed E-state index contributed by atoms with van der Waals surface area (Å²) < 4.78 is 39.6. The molecule has 24 heavy (non-hydrogen) atoms. The van der Waals surface area contributed by atoms with Crippen LogP contribution in [0.3, 0.4) is 0 Å². The molecule has 1 amide bonds. The molecule has 2 aromatic carbocycles. The molecule has 0 aliphatic rings. The second kappa shape index (κ2) is 7.49. The third-order valence-electron chi connectivity index (χ3n) is 3.43. The summed E-state index contributed by atoms with van der Waals surface area (Å²) in [5.74, 6) is -0.523. The first-order valence-corrected chi connectivity index (χ1v) is 7.49. The number of carbonyl (C=O) groups is 1. The van der Waals surface area contributed by atoms with Crippen molar-refractivity contribution in [1.29, 1.82) is 0 Å². The van der Waals surface area contributed by atoms with E-state index in [9.17, 15) is 18.0 Å². The molecule has 0 fully saturated rings. The van der Waals surface area contributed by atoms with Gasteiger partial charge in [-0.15, -0.1) is 0 Å². The smallest absolute Gasteiger partial charge is 0.325 e. The molecule has 0 heterocycles. The summed E-state index contributed by atoms with van der Waals surface area (Å²) in [6.45, 7) is 3.33. The van der Waals surface area contributed by atoms with E-state index < -0.39 is 24.7 Å². The summed E-state index contributed by atoms with van der Waals surface area (Å²) in [5.41, 5.74) is 2.58. The van der Waals surface area contributed by atoms with Gasteiger partial charge in [0.15, 0.2) is 0 Å². The zero-order valence-electron chi connectivity index (χ0n) is 13.4. The van der Waals surface area contributed by atoms with Gasteiger partial charge < -0.3 is 5.32 Å². The number of benzene rings is 2. The first-order valence-electron chi connectivity index (χ1n) is 7.49. The Balaban J connectivity index is 2.02. The van der Waals surface area contributed by atoms with Crippen molar-refractivity contribution in [2.24, 2.45) is 0 Å². The third-order valence-corrected chi connectivity index (χ3v) is 3.43. The van der Waals surface area contributed by atoms with Gasteiger partial charge in [-0.05, 0) is 42.7 Å². The molecule has 2 N–H and O–H groups in total. The number of hydrogen-bond acceptors (Lipinski definition) is 2. The predicted octanol–water partition coefficient (Wildman–Crippen LogP) is 4.14. The van der Waals surface area contributed by atoms with Crippen LogP contribution in [0.15, 0.2) is 48.5 Å². The summed E-state index contributed by atoms with van der Waals surface area (Å²) in [5, 5.41) is 4.90. The molecule has 0 aromatic heterocycles. The number of halogens is 3. The molecule has 0 bridgehead atoms. The summed E-state index contributed by atoms with van der Waals surface area (Å²) in [4.78, 5) is 12.0. The minimum Gasteiger partial charge on any atom is -0.325 e. The summed E-state index contributed by atoms with van der Waals surface area (Å²) in [7, 11) is 0. The lowest BCUT2D eigenvalue weighted by Crippen LogP contribution is -2.38. The van der Waals surface area contributed by atoms with Crippen molar-refractivity contribution >= 4 is 11.6 Å². The molecule has 1 atom stereocenters. The van der Waals surface area contributed by atoms with Crippen LogP contribution >= 0.6 is 0 Å². The standard InChI is InChI=1S/C18H19F3N2O/c1-12-8-13(2)10-15(9-12)23-16(24)11-22-17(18(19,20)21)14-6-4-3-5-7-14/h3-10,17,22H,11H2,1-2H3,(H,23,24). The topological polar surface area (TPSA) is 41.1 Å². The van der Waals surface area contributed by atoms with Gasteiger partial charge in [0.2, 0.25) is 5.91 Å². The predicted molar refractivity (Wildman–Crippen MR) is 87.8 cm³/mol. The van der Waals surface area contributed by atoms with Crippen LogP contribution in [-0.2, 0) is 4.79 Å². The van der Waals surface area contributed by atoms with Gasteiger partial charge in [-0.25, -0.2) is 0 Å². The molecular formula is C18H19F3N2O. The Hall–Kier alpha value is -2.34. The van der Waals surface area contributed by atoms with E-state index in [4.69, 9.17) is 0 Å². The van der Waals surface area contributed by atoms with Crippen LogP contribution in [0.4, 0.5) is 18.9 Å². The molecule has 0 spiro atoms. The van der Waals surface area contributed by atoms with Crippen molar-refractivity contribution in [3.63, 3.8) is 0 Å². The Morgan fingerprint density at radius 3 is 2.17 bits per heavy atom. The van der Waals surface area contributed by atoms with E-state index in [1.165, 1.54) is 24.3 Å². The van der Waals surface area contributed by atoms with Crippen LogP contribution < -0.4 is 10.6 Å². The van der Waals surface area contributed by atoms with E-state index in [1.807, 2.05) is 19.9 Å². The van der Waals surface area contributed by atoms with Crippen LogP contribution in [0.25, 0.3) is 0 Å². The number of carbonyl (C=O) groups excluding carboxylic acids is 1. The normalized spacial score (nSPS) is 12.7. The highest BCUT2D eigenvalue weighted by Crippen LogP contribution is 2.32. The quantitative estimate of drug-likeness (QED) is 0.862. The molecule has 1 unspecified atom stereocenters. The number of alkyl halides is 3. The molecule has 2 aromatic rings. The number of rotatable bonds is 5. The third kappa shape index (κ3) is 5.09. The van der Waals surface area contributed by atoms with E-state index in [0.717, 1.165) is 11.1 Å². The van der Waals surface area contributed by atoms with E-state index in [-0.39, 0.29) is 5.56 Å². The van der Waals surface area contributed by atoms with E-state index in [2.05, 4.69) is 10.6 Å². The fourth-order valence-corrected chi connectivity index (χ4v) is 2.51. The maximum Gasteiger partial charge on any atom is 0.407 e. The van der Waals surface area contributed by atoms with Crippen molar-refractivity contribution in [1.82, 2.24) is 5.32 Å². The second-order valence-electron chi connectivity index (χ2n) is 5.69. The Bertz CT molecular complexity index is 679. The average Bonchev–Trinajstić information content (AvgIpc) is 2.46.